The Balaban J connectivity index is 2.47. The molecule has 2 aromatic carbocycles. The summed E-state index contributed by atoms with van der Waals surface area (Å²) < 4.78 is 10.6. The van der Waals surface area contributed by atoms with E-state index in [-0.39, 0.29) is 11.7 Å². The van der Waals surface area contributed by atoms with E-state index >= 15 is 0 Å². The molecule has 0 heterocycles. The van der Waals surface area contributed by atoms with E-state index in [4.69, 9.17) is 9.47 Å². The molecule has 2 rings (SSSR count). The lowest BCUT2D eigenvalue weighted by Crippen LogP contribution is -2.53. The smallest absolute Gasteiger partial charge is 0.408 e. The Hall–Kier alpha value is -3.46. The molecule has 42 heavy (non-hydrogen) atoms. The minimum absolute atomic E-state index is 0.0323. The highest BCUT2D eigenvalue weighted by molar-refractivity contribution is 7.80. The molecule has 0 aliphatic carbocycles. The van der Waals surface area contributed by atoms with E-state index < -0.39 is 29.7 Å². The fourth-order valence-corrected chi connectivity index (χ4v) is 4.73. The van der Waals surface area contributed by atoms with Crippen molar-refractivity contribution in [3.63, 3.8) is 0 Å². The molecule has 0 spiro atoms. The number of carbonyl (C=O) groups is 3. The lowest BCUT2D eigenvalue weighted by atomic mass is 9.99. The summed E-state index contributed by atoms with van der Waals surface area (Å²) in [5.41, 5.74) is 1.28. The number of nitrogens with one attached hydrogen (secondary N) is 2. The highest BCUT2D eigenvalue weighted by Gasteiger charge is 2.36. The highest BCUT2D eigenvalue weighted by Crippen LogP contribution is 2.27. The Morgan fingerprint density at radius 3 is 2.29 bits per heavy atom. The van der Waals surface area contributed by atoms with E-state index in [0.29, 0.717) is 30.0 Å². The number of unbranched alkanes of at least 4 members (excludes halogenated alkanes) is 5. The molecule has 0 saturated heterocycles. The fraction of sp³-hybridized carbons (Fsp3) is 0.485. The quantitative estimate of drug-likeness (QED) is 0.143. The van der Waals surface area contributed by atoms with Gasteiger partial charge < -0.3 is 25.0 Å². The zero-order valence-electron chi connectivity index (χ0n) is 25.7. The molecule has 2 atom stereocenters. The van der Waals surface area contributed by atoms with Gasteiger partial charge in [-0.15, -0.1) is 0 Å². The van der Waals surface area contributed by atoms with Crippen molar-refractivity contribution in [2.45, 2.75) is 83.9 Å². The summed E-state index contributed by atoms with van der Waals surface area (Å²) in [6.45, 7) is 11.6. The summed E-state index contributed by atoms with van der Waals surface area (Å²) >= 11 is 4.38. The Labute approximate surface area is 256 Å². The number of amides is 3. The number of nitrogens with zero attached hydrogens (tertiary/aromatic N) is 1. The van der Waals surface area contributed by atoms with E-state index in [1.54, 1.807) is 63.1 Å². The minimum Gasteiger partial charge on any atom is -0.497 e. The first-order chi connectivity index (χ1) is 20.0. The third kappa shape index (κ3) is 11.4. The van der Waals surface area contributed by atoms with Gasteiger partial charge in [0.15, 0.2) is 0 Å². The molecular formula is C33H47N3O5S. The molecule has 0 aliphatic heterocycles. The molecule has 2 aromatic rings. The van der Waals surface area contributed by atoms with E-state index in [1.807, 2.05) is 24.3 Å². The van der Waals surface area contributed by atoms with Crippen molar-refractivity contribution in [3.05, 3.63) is 66.2 Å². The third-order valence-electron chi connectivity index (χ3n) is 6.59. The van der Waals surface area contributed by atoms with Crippen LogP contribution in [0.5, 0.6) is 5.75 Å². The average Bonchev–Trinajstić information content (AvgIpc) is 2.96. The normalized spacial score (nSPS) is 12.5. The summed E-state index contributed by atoms with van der Waals surface area (Å²) in [6, 6.07) is 12.4. The average molecular weight is 598 g/mol. The largest absolute Gasteiger partial charge is 0.497 e. The van der Waals surface area contributed by atoms with Crippen LogP contribution in [-0.2, 0) is 14.3 Å². The molecule has 230 valence electrons. The first-order valence-corrected chi connectivity index (χ1v) is 15.2. The van der Waals surface area contributed by atoms with Gasteiger partial charge in [-0.05, 0) is 68.7 Å². The zero-order chi connectivity index (χ0) is 31.1. The van der Waals surface area contributed by atoms with Gasteiger partial charge in [0.05, 0.1) is 7.11 Å². The van der Waals surface area contributed by atoms with Gasteiger partial charge in [-0.25, -0.2) is 4.79 Å². The van der Waals surface area contributed by atoms with Crippen molar-refractivity contribution in [1.29, 1.82) is 0 Å². The van der Waals surface area contributed by atoms with Crippen LogP contribution in [0.3, 0.4) is 0 Å². The molecule has 0 radical (unpaired) electrons. The molecule has 0 aliphatic rings. The van der Waals surface area contributed by atoms with Gasteiger partial charge >= 0.3 is 6.09 Å². The number of thiol groups is 1. The highest BCUT2D eigenvalue weighted by atomic mass is 32.1. The number of rotatable bonds is 16. The Bertz CT molecular complexity index is 1160. The first-order valence-electron chi connectivity index (χ1n) is 14.6. The molecule has 0 bridgehead atoms. The summed E-state index contributed by atoms with van der Waals surface area (Å²) in [7, 11) is 1.57. The van der Waals surface area contributed by atoms with Gasteiger partial charge in [0.2, 0.25) is 5.91 Å². The number of hydrogen-bond acceptors (Lipinski definition) is 6. The van der Waals surface area contributed by atoms with Crippen LogP contribution in [0.15, 0.2) is 55.1 Å². The van der Waals surface area contributed by atoms with E-state index in [1.165, 1.54) is 0 Å². The van der Waals surface area contributed by atoms with Crippen molar-refractivity contribution in [2.75, 3.05) is 24.7 Å². The van der Waals surface area contributed by atoms with E-state index in [9.17, 15) is 14.4 Å². The van der Waals surface area contributed by atoms with E-state index in [0.717, 1.165) is 37.7 Å². The van der Waals surface area contributed by atoms with Crippen LogP contribution >= 0.6 is 12.6 Å². The van der Waals surface area contributed by atoms with Crippen molar-refractivity contribution in [2.24, 2.45) is 0 Å². The van der Waals surface area contributed by atoms with Gasteiger partial charge in [0.1, 0.15) is 23.4 Å². The second-order valence-corrected chi connectivity index (χ2v) is 11.5. The second-order valence-electron chi connectivity index (χ2n) is 11.2. The number of alkyl carbamates (subject to hydrolysis) is 1. The number of anilines is 1. The van der Waals surface area contributed by atoms with Crippen molar-refractivity contribution >= 4 is 42.3 Å². The monoisotopic (exact) mass is 597 g/mol. The van der Waals surface area contributed by atoms with Gasteiger partial charge in [0.25, 0.3) is 5.91 Å². The number of methoxy groups -OCH3 is 1. The molecule has 9 heteroatoms. The van der Waals surface area contributed by atoms with Gasteiger partial charge in [-0.1, -0.05) is 69.9 Å². The summed E-state index contributed by atoms with van der Waals surface area (Å²) in [5.74, 6) is -0.0999. The maximum Gasteiger partial charge on any atom is 0.408 e. The van der Waals surface area contributed by atoms with Crippen molar-refractivity contribution < 1.29 is 23.9 Å². The second kappa shape index (κ2) is 17.5. The predicted molar refractivity (Wildman–Crippen MR) is 173 cm³/mol. The lowest BCUT2D eigenvalue weighted by Gasteiger charge is -2.34. The molecule has 8 nitrogen and oxygen atoms in total. The summed E-state index contributed by atoms with van der Waals surface area (Å²) in [6.07, 6.45) is 7.04. The standard InChI is InChI=1S/C33H47N3O5S/c1-7-9-10-11-12-13-21-36(31(38)28(23-42)35-32(39)41-33(3,4)5)29(25-16-14-15-24(8-2)22-25)30(37)34-26-17-19-27(40-6)20-18-26/h8,14-20,22,28-29,42H,2,7,9-13,21,23H2,1,3-6H3,(H,34,37)(H,35,39). The first kappa shape index (κ1) is 34.7. The van der Waals surface area contributed by atoms with Gasteiger partial charge in [0, 0.05) is 18.0 Å². The Kier molecular flexibility index (Phi) is 14.5. The van der Waals surface area contributed by atoms with Gasteiger partial charge in [-0.2, -0.15) is 12.6 Å². The summed E-state index contributed by atoms with van der Waals surface area (Å²) in [4.78, 5) is 42.3. The molecule has 3 amide bonds. The van der Waals surface area contributed by atoms with Crippen molar-refractivity contribution in [1.82, 2.24) is 10.2 Å². The molecule has 2 N–H and O–H groups in total. The predicted octanol–water partition coefficient (Wildman–Crippen LogP) is 7.03. The SMILES string of the molecule is C=Cc1cccc(C(C(=O)Nc2ccc(OC)cc2)N(CCCCCCCC)C(=O)C(CS)NC(=O)OC(C)(C)C)c1. The number of carbonyl (C=O) groups excluding carboxylic acids is 3. The lowest BCUT2D eigenvalue weighted by molar-refractivity contribution is -0.140. The van der Waals surface area contributed by atoms with Crippen LogP contribution in [0.1, 0.15) is 83.4 Å². The summed E-state index contributed by atoms with van der Waals surface area (Å²) in [5, 5.41) is 5.63. The topological polar surface area (TPSA) is 97.0 Å². The number of benzene rings is 2. The molecule has 0 fully saturated rings. The molecule has 0 aromatic heterocycles. The third-order valence-corrected chi connectivity index (χ3v) is 6.95. The van der Waals surface area contributed by atoms with Gasteiger partial charge in [-0.3, -0.25) is 9.59 Å². The van der Waals surface area contributed by atoms with Crippen LogP contribution in [0.25, 0.3) is 6.08 Å². The Morgan fingerprint density at radius 2 is 1.69 bits per heavy atom. The molecule has 0 saturated carbocycles. The van der Waals surface area contributed by atoms with Crippen LogP contribution < -0.4 is 15.4 Å². The van der Waals surface area contributed by atoms with E-state index in [2.05, 4.69) is 36.8 Å². The number of ether oxygens (including phenoxy) is 2. The van der Waals surface area contributed by atoms with Crippen molar-refractivity contribution in [3.8, 4) is 5.75 Å². The molecular weight excluding hydrogens is 550 g/mol. The van der Waals surface area contributed by atoms with Crippen LogP contribution in [0.2, 0.25) is 0 Å². The van der Waals surface area contributed by atoms with Crippen LogP contribution in [0, 0.1) is 0 Å². The molecule has 2 unspecified atom stereocenters. The van der Waals surface area contributed by atoms with Crippen LogP contribution in [-0.4, -0.2) is 53.9 Å². The van der Waals surface area contributed by atoms with Crippen LogP contribution in [0.4, 0.5) is 10.5 Å². The maximum atomic E-state index is 14.1. The fourth-order valence-electron chi connectivity index (χ4n) is 4.48. The maximum absolute atomic E-state index is 14.1. The number of hydrogen-bond donors (Lipinski definition) is 3. The zero-order valence-corrected chi connectivity index (χ0v) is 26.5. The minimum atomic E-state index is -0.998. The Morgan fingerprint density at radius 1 is 1.02 bits per heavy atom.